The fraction of sp³-hybridized carbons (Fsp3) is 0.429. The zero-order valence-corrected chi connectivity index (χ0v) is 16.9. The number of nitrogens with zero attached hydrogens (tertiary/aromatic N) is 5. The minimum atomic E-state index is -0.169. The predicted octanol–water partition coefficient (Wildman–Crippen LogP) is 2.54. The van der Waals surface area contributed by atoms with Crippen molar-refractivity contribution in [2.24, 2.45) is 0 Å². The average molecular weight is 394 g/mol. The Morgan fingerprint density at radius 1 is 1.14 bits per heavy atom. The molecule has 4 rings (SSSR count). The van der Waals surface area contributed by atoms with Crippen LogP contribution in [-0.4, -0.2) is 51.5 Å². The highest BCUT2D eigenvalue weighted by atomic mass is 16.5. The normalized spacial score (nSPS) is 14.2. The van der Waals surface area contributed by atoms with Crippen molar-refractivity contribution in [3.05, 3.63) is 47.7 Å². The molecule has 0 bridgehead atoms. The van der Waals surface area contributed by atoms with Crippen LogP contribution in [0, 0.1) is 13.8 Å². The van der Waals surface area contributed by atoms with E-state index in [2.05, 4.69) is 25.2 Å². The fourth-order valence-electron chi connectivity index (χ4n) is 3.68. The molecular weight excluding hydrogens is 368 g/mol. The number of nitrogens with one attached hydrogen (secondary N) is 1. The number of hydrogen-bond donors (Lipinski definition) is 1. The smallest absolute Gasteiger partial charge is 0.270 e. The summed E-state index contributed by atoms with van der Waals surface area (Å²) in [6, 6.07) is 7.55. The van der Waals surface area contributed by atoms with Gasteiger partial charge in [-0.25, -0.2) is 9.97 Å². The van der Waals surface area contributed by atoms with Crippen molar-refractivity contribution < 1.29 is 9.53 Å². The molecule has 0 spiro atoms. The standard InChI is InChI=1S/C21H26N6O2/c1-15-20(27-12-7-4-8-17(27)23-15)21(28)22-9-13-29-19-14-18(24-16(2)25-19)26-10-5-3-6-11-26/h4,7-8,12,14H,3,5-6,9-11,13H2,1-2H3,(H,22,28). The molecule has 0 saturated carbocycles. The number of hydrogen-bond acceptors (Lipinski definition) is 6. The van der Waals surface area contributed by atoms with E-state index in [1.807, 2.05) is 44.3 Å². The highest BCUT2D eigenvalue weighted by Gasteiger charge is 2.16. The number of aromatic nitrogens is 4. The van der Waals surface area contributed by atoms with Crippen LogP contribution in [0.3, 0.4) is 0 Å². The maximum atomic E-state index is 12.6. The topological polar surface area (TPSA) is 84.6 Å². The molecular formula is C21H26N6O2. The number of aryl methyl sites for hydroxylation is 2. The SMILES string of the molecule is Cc1nc(OCCNC(=O)c2c(C)nc3ccccn23)cc(N2CCCCC2)n1. The highest BCUT2D eigenvalue weighted by Crippen LogP contribution is 2.21. The van der Waals surface area contributed by atoms with Gasteiger partial charge in [0.2, 0.25) is 5.88 Å². The second-order valence-corrected chi connectivity index (χ2v) is 7.24. The maximum absolute atomic E-state index is 12.6. The summed E-state index contributed by atoms with van der Waals surface area (Å²) < 4.78 is 7.58. The first kappa shape index (κ1) is 19.2. The number of rotatable bonds is 6. The summed E-state index contributed by atoms with van der Waals surface area (Å²) in [7, 11) is 0. The summed E-state index contributed by atoms with van der Waals surface area (Å²) in [5.41, 5.74) is 2.01. The molecule has 0 atom stereocenters. The number of ether oxygens (including phenoxy) is 1. The van der Waals surface area contributed by atoms with Crippen LogP contribution in [0.1, 0.15) is 41.3 Å². The number of piperidine rings is 1. The van der Waals surface area contributed by atoms with Crippen molar-refractivity contribution in [2.45, 2.75) is 33.1 Å². The lowest BCUT2D eigenvalue weighted by Crippen LogP contribution is -2.31. The Bertz CT molecular complexity index is 1010. The summed E-state index contributed by atoms with van der Waals surface area (Å²) in [4.78, 5) is 28.2. The van der Waals surface area contributed by atoms with Crippen molar-refractivity contribution in [1.29, 1.82) is 0 Å². The molecule has 0 aliphatic carbocycles. The van der Waals surface area contributed by atoms with Crippen LogP contribution in [0.5, 0.6) is 5.88 Å². The molecule has 1 N–H and O–H groups in total. The van der Waals surface area contributed by atoms with Crippen molar-refractivity contribution >= 4 is 17.4 Å². The van der Waals surface area contributed by atoms with Crippen LogP contribution in [0.25, 0.3) is 5.65 Å². The Morgan fingerprint density at radius 3 is 2.79 bits per heavy atom. The minimum absolute atomic E-state index is 0.169. The Kier molecular flexibility index (Phi) is 5.59. The largest absolute Gasteiger partial charge is 0.476 e. The Balaban J connectivity index is 1.35. The number of anilines is 1. The second-order valence-electron chi connectivity index (χ2n) is 7.24. The van der Waals surface area contributed by atoms with Crippen LogP contribution in [0.15, 0.2) is 30.5 Å². The molecule has 0 radical (unpaired) electrons. The molecule has 29 heavy (non-hydrogen) atoms. The van der Waals surface area contributed by atoms with E-state index in [4.69, 9.17) is 4.74 Å². The average Bonchev–Trinajstić information content (AvgIpc) is 3.07. The number of carbonyl (C=O) groups is 1. The first-order chi connectivity index (χ1) is 14.1. The van der Waals surface area contributed by atoms with Gasteiger partial charge in [0.1, 0.15) is 29.6 Å². The Morgan fingerprint density at radius 2 is 1.97 bits per heavy atom. The van der Waals surface area contributed by atoms with Crippen molar-refractivity contribution in [3.8, 4) is 5.88 Å². The third-order valence-electron chi connectivity index (χ3n) is 5.04. The van der Waals surface area contributed by atoms with Gasteiger partial charge in [0.05, 0.1) is 12.2 Å². The van der Waals surface area contributed by atoms with Gasteiger partial charge in [0, 0.05) is 25.4 Å². The third kappa shape index (κ3) is 4.31. The van der Waals surface area contributed by atoms with Gasteiger partial charge >= 0.3 is 0 Å². The zero-order valence-electron chi connectivity index (χ0n) is 16.9. The molecule has 1 amide bonds. The number of carbonyl (C=O) groups excluding carboxylic acids is 1. The van der Waals surface area contributed by atoms with Crippen LogP contribution in [0.2, 0.25) is 0 Å². The van der Waals surface area contributed by atoms with Gasteiger partial charge in [-0.2, -0.15) is 4.98 Å². The van der Waals surface area contributed by atoms with Crippen molar-refractivity contribution in [3.63, 3.8) is 0 Å². The minimum Gasteiger partial charge on any atom is -0.476 e. The maximum Gasteiger partial charge on any atom is 0.270 e. The highest BCUT2D eigenvalue weighted by molar-refractivity contribution is 5.94. The predicted molar refractivity (Wildman–Crippen MR) is 111 cm³/mol. The van der Waals surface area contributed by atoms with Gasteiger partial charge in [-0.1, -0.05) is 6.07 Å². The molecule has 4 heterocycles. The molecule has 3 aromatic heterocycles. The van der Waals surface area contributed by atoms with Crippen LogP contribution in [-0.2, 0) is 0 Å². The number of amides is 1. The van der Waals surface area contributed by atoms with Gasteiger partial charge in [-0.15, -0.1) is 0 Å². The van der Waals surface area contributed by atoms with Gasteiger partial charge in [-0.05, 0) is 45.2 Å². The quantitative estimate of drug-likeness (QED) is 0.647. The van der Waals surface area contributed by atoms with Crippen LogP contribution < -0.4 is 15.0 Å². The van der Waals surface area contributed by atoms with Gasteiger partial charge in [0.25, 0.3) is 5.91 Å². The first-order valence-corrected chi connectivity index (χ1v) is 10.1. The second kappa shape index (κ2) is 8.46. The molecule has 1 fully saturated rings. The molecule has 1 saturated heterocycles. The van der Waals surface area contributed by atoms with E-state index in [1.165, 1.54) is 19.3 Å². The van der Waals surface area contributed by atoms with E-state index in [9.17, 15) is 4.79 Å². The monoisotopic (exact) mass is 394 g/mol. The van der Waals surface area contributed by atoms with Crippen LogP contribution >= 0.6 is 0 Å². The number of fused-ring (bicyclic) bond motifs is 1. The molecule has 1 aliphatic rings. The van der Waals surface area contributed by atoms with E-state index in [0.29, 0.717) is 36.2 Å². The molecule has 3 aromatic rings. The summed E-state index contributed by atoms with van der Waals surface area (Å²) in [6.45, 7) is 6.45. The lowest BCUT2D eigenvalue weighted by atomic mass is 10.1. The lowest BCUT2D eigenvalue weighted by molar-refractivity contribution is 0.0940. The summed E-state index contributed by atoms with van der Waals surface area (Å²) in [5, 5.41) is 2.90. The lowest BCUT2D eigenvalue weighted by Gasteiger charge is -2.28. The number of imidazole rings is 1. The van der Waals surface area contributed by atoms with Gasteiger partial charge in [0.15, 0.2) is 0 Å². The summed E-state index contributed by atoms with van der Waals surface area (Å²) in [6.07, 6.45) is 5.49. The Hall–Kier alpha value is -3.16. The fourth-order valence-corrected chi connectivity index (χ4v) is 3.68. The molecule has 0 unspecified atom stereocenters. The molecule has 8 nitrogen and oxygen atoms in total. The van der Waals surface area contributed by atoms with E-state index in [-0.39, 0.29) is 5.91 Å². The summed E-state index contributed by atoms with van der Waals surface area (Å²) in [5.74, 6) is 1.97. The van der Waals surface area contributed by atoms with E-state index in [1.54, 1.807) is 4.40 Å². The summed E-state index contributed by atoms with van der Waals surface area (Å²) >= 11 is 0. The van der Waals surface area contributed by atoms with Gasteiger partial charge in [-0.3, -0.25) is 9.20 Å². The van der Waals surface area contributed by atoms with Crippen molar-refractivity contribution in [2.75, 3.05) is 31.1 Å². The molecule has 1 aliphatic heterocycles. The molecule has 152 valence electrons. The van der Waals surface area contributed by atoms with Gasteiger partial charge < -0.3 is 15.0 Å². The molecule has 8 heteroatoms. The first-order valence-electron chi connectivity index (χ1n) is 10.1. The van der Waals surface area contributed by atoms with Crippen LogP contribution in [0.4, 0.5) is 5.82 Å². The van der Waals surface area contributed by atoms with E-state index in [0.717, 1.165) is 24.6 Å². The van der Waals surface area contributed by atoms with Crippen molar-refractivity contribution in [1.82, 2.24) is 24.7 Å². The Labute approximate surface area is 169 Å². The number of pyridine rings is 1. The zero-order chi connectivity index (χ0) is 20.2. The molecule has 0 aromatic carbocycles. The van der Waals surface area contributed by atoms with E-state index >= 15 is 0 Å². The third-order valence-corrected chi connectivity index (χ3v) is 5.04. The van der Waals surface area contributed by atoms with E-state index < -0.39 is 0 Å².